The number of carbonyl (C=O) groups excluding carboxylic acids is 1. The molecule has 1 amide bonds. The van der Waals surface area contributed by atoms with E-state index in [2.05, 4.69) is 10.6 Å². The Morgan fingerprint density at radius 3 is 2.52 bits per heavy atom. The summed E-state index contributed by atoms with van der Waals surface area (Å²) in [5.74, 6) is 0.664. The molecule has 0 bridgehead atoms. The molecule has 0 unspecified atom stereocenters. The molecular weight excluding hydrogens is 395 g/mol. The molecule has 2 N–H and O–H groups in total. The van der Waals surface area contributed by atoms with Gasteiger partial charge in [-0.15, -0.1) is 0 Å². The molecule has 0 aliphatic carbocycles. The number of para-hydroxylation sites is 1. The summed E-state index contributed by atoms with van der Waals surface area (Å²) in [4.78, 5) is 12.1. The van der Waals surface area contributed by atoms with Gasteiger partial charge in [-0.2, -0.15) is 0 Å². The van der Waals surface area contributed by atoms with Crippen LogP contribution in [0.5, 0.6) is 11.5 Å². The third kappa shape index (κ3) is 7.42. The summed E-state index contributed by atoms with van der Waals surface area (Å²) in [5, 5.41) is 6.14. The summed E-state index contributed by atoms with van der Waals surface area (Å²) in [6, 6.07) is 21.5. The Bertz CT molecular complexity index is 980. The summed E-state index contributed by atoms with van der Waals surface area (Å²) >= 11 is 0. The van der Waals surface area contributed by atoms with Gasteiger partial charge < -0.3 is 20.1 Å². The Hall–Kier alpha value is -3.38. The predicted molar refractivity (Wildman–Crippen MR) is 120 cm³/mol. The minimum Gasteiger partial charge on any atom is -0.490 e. The standard InChI is InChI=1S/C25H27FN2O3/c1-2-30-24-16-20(17-27-14-13-19-7-6-8-21(26)15-19)11-12-23(24)31-18-25(29)28-22-9-4-3-5-10-22/h3-12,15-16,27H,2,13-14,17-18H2,1H3,(H,28,29). The molecule has 0 saturated heterocycles. The van der Waals surface area contributed by atoms with E-state index in [1.165, 1.54) is 6.07 Å². The molecule has 0 saturated carbocycles. The number of anilines is 1. The van der Waals surface area contributed by atoms with Gasteiger partial charge in [0, 0.05) is 12.2 Å². The molecule has 0 atom stereocenters. The van der Waals surface area contributed by atoms with E-state index in [9.17, 15) is 9.18 Å². The van der Waals surface area contributed by atoms with Crippen LogP contribution >= 0.6 is 0 Å². The van der Waals surface area contributed by atoms with Crippen molar-refractivity contribution >= 4 is 11.6 Å². The van der Waals surface area contributed by atoms with Crippen molar-refractivity contribution in [3.8, 4) is 11.5 Å². The average Bonchev–Trinajstić information content (AvgIpc) is 2.77. The lowest BCUT2D eigenvalue weighted by Crippen LogP contribution is -2.20. The molecule has 5 nitrogen and oxygen atoms in total. The van der Waals surface area contributed by atoms with Gasteiger partial charge in [0.05, 0.1) is 6.61 Å². The third-order valence-corrected chi connectivity index (χ3v) is 4.53. The molecule has 0 aliphatic rings. The Morgan fingerprint density at radius 2 is 1.74 bits per heavy atom. The van der Waals surface area contributed by atoms with E-state index in [1.807, 2.05) is 61.5 Å². The highest BCUT2D eigenvalue weighted by Gasteiger charge is 2.10. The number of benzene rings is 3. The van der Waals surface area contributed by atoms with E-state index < -0.39 is 0 Å². The summed E-state index contributed by atoms with van der Waals surface area (Å²) in [6.07, 6.45) is 0.744. The number of carbonyl (C=O) groups is 1. The SMILES string of the molecule is CCOc1cc(CNCCc2cccc(F)c2)ccc1OCC(=O)Nc1ccccc1. The average molecular weight is 423 g/mol. The fourth-order valence-corrected chi connectivity index (χ4v) is 3.07. The van der Waals surface area contributed by atoms with E-state index in [0.29, 0.717) is 24.7 Å². The van der Waals surface area contributed by atoms with Crippen LogP contribution in [0.15, 0.2) is 72.8 Å². The minimum absolute atomic E-state index is 0.111. The maximum Gasteiger partial charge on any atom is 0.262 e. The first-order valence-electron chi connectivity index (χ1n) is 10.3. The predicted octanol–water partition coefficient (Wildman–Crippen LogP) is 4.57. The Balaban J connectivity index is 1.50. The number of halogens is 1. The van der Waals surface area contributed by atoms with Crippen LogP contribution in [0.3, 0.4) is 0 Å². The van der Waals surface area contributed by atoms with Gasteiger partial charge in [0.25, 0.3) is 5.91 Å². The molecule has 3 aromatic rings. The molecule has 162 valence electrons. The van der Waals surface area contributed by atoms with Crippen molar-refractivity contribution in [2.24, 2.45) is 0 Å². The van der Waals surface area contributed by atoms with Gasteiger partial charge in [-0.25, -0.2) is 4.39 Å². The van der Waals surface area contributed by atoms with Crippen LogP contribution in [0.1, 0.15) is 18.1 Å². The number of nitrogens with one attached hydrogen (secondary N) is 2. The highest BCUT2D eigenvalue weighted by atomic mass is 19.1. The smallest absolute Gasteiger partial charge is 0.262 e. The van der Waals surface area contributed by atoms with Crippen LogP contribution in [0, 0.1) is 5.82 Å². The van der Waals surface area contributed by atoms with Crippen LogP contribution in [0.25, 0.3) is 0 Å². The fraction of sp³-hybridized carbons (Fsp3) is 0.240. The molecular formula is C25H27FN2O3. The minimum atomic E-state index is -0.239. The fourth-order valence-electron chi connectivity index (χ4n) is 3.07. The quantitative estimate of drug-likeness (QED) is 0.444. The molecule has 0 heterocycles. The molecule has 0 aliphatic heterocycles. The van der Waals surface area contributed by atoms with Crippen molar-refractivity contribution in [2.75, 3.05) is 25.1 Å². The normalized spacial score (nSPS) is 10.5. The second-order valence-corrected chi connectivity index (χ2v) is 6.97. The van der Waals surface area contributed by atoms with E-state index in [-0.39, 0.29) is 18.3 Å². The second-order valence-electron chi connectivity index (χ2n) is 6.97. The largest absolute Gasteiger partial charge is 0.490 e. The first-order valence-corrected chi connectivity index (χ1v) is 10.3. The van der Waals surface area contributed by atoms with Crippen LogP contribution in [0.2, 0.25) is 0 Å². The number of ether oxygens (including phenoxy) is 2. The van der Waals surface area contributed by atoms with Crippen molar-refractivity contribution in [3.63, 3.8) is 0 Å². The van der Waals surface area contributed by atoms with Crippen molar-refractivity contribution in [1.29, 1.82) is 0 Å². The first-order chi connectivity index (χ1) is 15.1. The maximum atomic E-state index is 13.2. The van der Waals surface area contributed by atoms with Crippen molar-refractivity contribution < 1.29 is 18.7 Å². The molecule has 0 radical (unpaired) electrons. The number of amides is 1. The van der Waals surface area contributed by atoms with Crippen LogP contribution in [-0.4, -0.2) is 25.7 Å². The zero-order chi connectivity index (χ0) is 21.9. The van der Waals surface area contributed by atoms with Gasteiger partial charge >= 0.3 is 0 Å². The number of hydrogen-bond donors (Lipinski definition) is 2. The molecule has 0 aromatic heterocycles. The van der Waals surface area contributed by atoms with Gasteiger partial charge in [0.1, 0.15) is 5.82 Å². The third-order valence-electron chi connectivity index (χ3n) is 4.53. The molecule has 3 aromatic carbocycles. The monoisotopic (exact) mass is 422 g/mol. The van der Waals surface area contributed by atoms with E-state index in [1.54, 1.807) is 12.1 Å². The Morgan fingerprint density at radius 1 is 0.903 bits per heavy atom. The molecule has 3 rings (SSSR count). The zero-order valence-electron chi connectivity index (χ0n) is 17.6. The lowest BCUT2D eigenvalue weighted by Gasteiger charge is -2.14. The van der Waals surface area contributed by atoms with Crippen LogP contribution < -0.4 is 20.1 Å². The summed E-state index contributed by atoms with van der Waals surface area (Å²) in [6.45, 7) is 3.65. The lowest BCUT2D eigenvalue weighted by molar-refractivity contribution is -0.118. The number of hydrogen-bond acceptors (Lipinski definition) is 4. The van der Waals surface area contributed by atoms with Gasteiger partial charge in [-0.3, -0.25) is 4.79 Å². The molecule has 31 heavy (non-hydrogen) atoms. The zero-order valence-corrected chi connectivity index (χ0v) is 17.6. The number of rotatable bonds is 11. The molecule has 0 spiro atoms. The molecule has 0 fully saturated rings. The second kappa shape index (κ2) is 11.7. The van der Waals surface area contributed by atoms with Gasteiger partial charge in [0.2, 0.25) is 0 Å². The van der Waals surface area contributed by atoms with Crippen molar-refractivity contribution in [1.82, 2.24) is 5.32 Å². The van der Waals surface area contributed by atoms with E-state index in [4.69, 9.17) is 9.47 Å². The van der Waals surface area contributed by atoms with E-state index in [0.717, 1.165) is 29.8 Å². The maximum absolute atomic E-state index is 13.2. The van der Waals surface area contributed by atoms with Gasteiger partial charge in [0.15, 0.2) is 18.1 Å². The topological polar surface area (TPSA) is 59.6 Å². The lowest BCUT2D eigenvalue weighted by atomic mass is 10.1. The molecule has 6 heteroatoms. The highest BCUT2D eigenvalue weighted by Crippen LogP contribution is 2.28. The van der Waals surface area contributed by atoms with Gasteiger partial charge in [-0.05, 0) is 67.4 Å². The van der Waals surface area contributed by atoms with E-state index >= 15 is 0 Å². The van der Waals surface area contributed by atoms with Crippen LogP contribution in [0.4, 0.5) is 10.1 Å². The van der Waals surface area contributed by atoms with Crippen molar-refractivity contribution in [3.05, 3.63) is 89.7 Å². The van der Waals surface area contributed by atoms with Crippen LogP contribution in [-0.2, 0) is 17.8 Å². The Kier molecular flexibility index (Phi) is 8.43. The summed E-state index contributed by atoms with van der Waals surface area (Å²) in [7, 11) is 0. The highest BCUT2D eigenvalue weighted by molar-refractivity contribution is 5.91. The Labute approximate surface area is 182 Å². The summed E-state index contributed by atoms with van der Waals surface area (Å²) in [5.41, 5.74) is 2.71. The van der Waals surface area contributed by atoms with Gasteiger partial charge in [-0.1, -0.05) is 36.4 Å². The van der Waals surface area contributed by atoms with Crippen molar-refractivity contribution in [2.45, 2.75) is 19.9 Å². The summed E-state index contributed by atoms with van der Waals surface area (Å²) < 4.78 is 24.6. The first kappa shape index (κ1) is 22.3.